The van der Waals surface area contributed by atoms with Gasteiger partial charge in [-0.15, -0.1) is 12.4 Å². The van der Waals surface area contributed by atoms with Crippen LogP contribution >= 0.6 is 12.4 Å². The predicted molar refractivity (Wildman–Crippen MR) is 67.1 cm³/mol. The Hall–Kier alpha value is -0.530. The first-order valence-corrected chi connectivity index (χ1v) is 6.05. The molecule has 1 amide bonds. The Morgan fingerprint density at radius 2 is 1.84 bits per heavy atom. The summed E-state index contributed by atoms with van der Waals surface area (Å²) in [6, 6.07) is 0. The molecule has 0 radical (unpaired) electrons. The van der Waals surface area contributed by atoms with Gasteiger partial charge in [0.05, 0.1) is 12.1 Å². The van der Waals surface area contributed by atoms with Gasteiger partial charge in [-0.3, -0.25) is 4.79 Å². The van der Waals surface area contributed by atoms with Gasteiger partial charge in [0.1, 0.15) is 6.61 Å². The van der Waals surface area contributed by atoms with Crippen molar-refractivity contribution in [2.75, 3.05) is 19.8 Å². The van der Waals surface area contributed by atoms with Crippen LogP contribution in [0.1, 0.15) is 32.1 Å². The lowest BCUT2D eigenvalue weighted by atomic mass is 9.82. The highest BCUT2D eigenvalue weighted by molar-refractivity contribution is 5.86. The lowest BCUT2D eigenvalue weighted by Crippen LogP contribution is -2.55. The molecule has 8 heteroatoms. The van der Waals surface area contributed by atoms with Crippen LogP contribution in [0.5, 0.6) is 0 Å². The molecule has 0 heterocycles. The Bertz CT molecular complexity index is 282. The van der Waals surface area contributed by atoms with E-state index < -0.39 is 18.3 Å². The van der Waals surface area contributed by atoms with Crippen molar-refractivity contribution in [2.24, 2.45) is 5.73 Å². The van der Waals surface area contributed by atoms with Crippen LogP contribution in [0.3, 0.4) is 0 Å². The van der Waals surface area contributed by atoms with E-state index in [2.05, 4.69) is 10.1 Å². The van der Waals surface area contributed by atoms with Crippen LogP contribution in [0.4, 0.5) is 13.2 Å². The summed E-state index contributed by atoms with van der Waals surface area (Å²) in [5.74, 6) is -0.294. The van der Waals surface area contributed by atoms with Crippen LogP contribution in [-0.2, 0) is 9.53 Å². The number of amides is 1. The number of halogens is 4. The zero-order valence-corrected chi connectivity index (χ0v) is 11.4. The molecule has 0 aromatic heterocycles. The molecule has 1 rings (SSSR count). The van der Waals surface area contributed by atoms with Crippen molar-refractivity contribution in [3.05, 3.63) is 0 Å². The Labute approximate surface area is 116 Å². The first-order chi connectivity index (χ1) is 8.33. The number of nitrogens with one attached hydrogen (secondary N) is 1. The summed E-state index contributed by atoms with van der Waals surface area (Å²) in [7, 11) is 0. The maximum atomic E-state index is 11.8. The van der Waals surface area contributed by atoms with Gasteiger partial charge in [0.25, 0.3) is 0 Å². The standard InChI is InChI=1S/C11H19F3N2O2.ClH/c12-11(13,14)8-18-7-6-16-9(17)10(15)4-2-1-3-5-10;/h1-8,15H2,(H,16,17);1H. The summed E-state index contributed by atoms with van der Waals surface area (Å²) in [4.78, 5) is 11.8. The minimum Gasteiger partial charge on any atom is -0.370 e. The molecule has 0 saturated heterocycles. The van der Waals surface area contributed by atoms with Crippen LogP contribution < -0.4 is 11.1 Å². The molecule has 114 valence electrons. The second-order valence-electron chi connectivity index (χ2n) is 4.64. The summed E-state index contributed by atoms with van der Waals surface area (Å²) >= 11 is 0. The molecule has 1 aliphatic carbocycles. The zero-order valence-electron chi connectivity index (χ0n) is 10.6. The summed E-state index contributed by atoms with van der Waals surface area (Å²) < 4.78 is 39.7. The number of alkyl halides is 3. The van der Waals surface area contributed by atoms with E-state index in [4.69, 9.17) is 5.73 Å². The van der Waals surface area contributed by atoms with E-state index >= 15 is 0 Å². The van der Waals surface area contributed by atoms with Crippen molar-refractivity contribution in [2.45, 2.75) is 43.8 Å². The molecule has 0 spiro atoms. The molecule has 0 bridgehead atoms. The average molecular weight is 305 g/mol. The molecule has 0 aromatic rings. The Morgan fingerprint density at radius 3 is 2.37 bits per heavy atom. The van der Waals surface area contributed by atoms with Crippen molar-refractivity contribution in [1.29, 1.82) is 0 Å². The summed E-state index contributed by atoms with van der Waals surface area (Å²) in [5, 5.41) is 2.52. The number of hydrogen-bond acceptors (Lipinski definition) is 3. The number of ether oxygens (including phenoxy) is 1. The van der Waals surface area contributed by atoms with Gasteiger partial charge >= 0.3 is 6.18 Å². The molecule has 0 aromatic carbocycles. The van der Waals surface area contributed by atoms with Crippen molar-refractivity contribution >= 4 is 18.3 Å². The van der Waals surface area contributed by atoms with E-state index in [1.165, 1.54) is 0 Å². The van der Waals surface area contributed by atoms with E-state index in [0.29, 0.717) is 12.8 Å². The number of carbonyl (C=O) groups is 1. The Kier molecular flexibility index (Phi) is 7.69. The topological polar surface area (TPSA) is 64.4 Å². The summed E-state index contributed by atoms with van der Waals surface area (Å²) in [6.07, 6.45) is -0.184. The van der Waals surface area contributed by atoms with E-state index in [1.54, 1.807) is 0 Å². The van der Waals surface area contributed by atoms with Gasteiger partial charge in [-0.1, -0.05) is 19.3 Å². The normalized spacial score (nSPS) is 18.5. The van der Waals surface area contributed by atoms with E-state index in [9.17, 15) is 18.0 Å². The Balaban J connectivity index is 0.00000324. The molecular formula is C11H20ClF3N2O2. The third kappa shape index (κ3) is 6.98. The fraction of sp³-hybridized carbons (Fsp3) is 0.909. The summed E-state index contributed by atoms with van der Waals surface area (Å²) in [6.45, 7) is -1.41. The van der Waals surface area contributed by atoms with Gasteiger partial charge in [0.2, 0.25) is 5.91 Å². The van der Waals surface area contributed by atoms with Gasteiger partial charge in [-0.05, 0) is 12.8 Å². The van der Waals surface area contributed by atoms with Crippen molar-refractivity contribution in [1.82, 2.24) is 5.32 Å². The number of carbonyl (C=O) groups excluding carboxylic acids is 1. The third-order valence-electron chi connectivity index (χ3n) is 3.00. The van der Waals surface area contributed by atoms with Crippen LogP contribution in [0.15, 0.2) is 0 Å². The largest absolute Gasteiger partial charge is 0.411 e. The maximum Gasteiger partial charge on any atom is 0.411 e. The highest BCUT2D eigenvalue weighted by atomic mass is 35.5. The van der Waals surface area contributed by atoms with Crippen LogP contribution in [0.2, 0.25) is 0 Å². The molecule has 4 nitrogen and oxygen atoms in total. The van der Waals surface area contributed by atoms with Gasteiger partial charge in [0, 0.05) is 6.54 Å². The number of rotatable bonds is 5. The second-order valence-corrected chi connectivity index (χ2v) is 4.64. The fourth-order valence-electron chi connectivity index (χ4n) is 2.01. The van der Waals surface area contributed by atoms with E-state index in [1.807, 2.05) is 0 Å². The van der Waals surface area contributed by atoms with Gasteiger partial charge in [0.15, 0.2) is 0 Å². The third-order valence-corrected chi connectivity index (χ3v) is 3.00. The van der Waals surface area contributed by atoms with E-state index in [0.717, 1.165) is 19.3 Å². The lowest BCUT2D eigenvalue weighted by Gasteiger charge is -2.31. The van der Waals surface area contributed by atoms with Crippen LogP contribution in [0, 0.1) is 0 Å². The second kappa shape index (κ2) is 7.91. The molecule has 0 unspecified atom stereocenters. The minimum absolute atomic E-state index is 0. The van der Waals surface area contributed by atoms with Gasteiger partial charge < -0.3 is 15.8 Å². The molecule has 19 heavy (non-hydrogen) atoms. The maximum absolute atomic E-state index is 11.8. The Morgan fingerprint density at radius 1 is 1.26 bits per heavy atom. The molecule has 1 saturated carbocycles. The predicted octanol–water partition coefficient (Wildman–Crippen LogP) is 1.76. The monoisotopic (exact) mass is 304 g/mol. The SMILES string of the molecule is Cl.NC1(C(=O)NCCOCC(F)(F)F)CCCCC1. The average Bonchev–Trinajstić information content (AvgIpc) is 2.27. The van der Waals surface area contributed by atoms with E-state index in [-0.39, 0.29) is 31.5 Å². The van der Waals surface area contributed by atoms with Gasteiger partial charge in [-0.2, -0.15) is 13.2 Å². The molecule has 0 aliphatic heterocycles. The minimum atomic E-state index is -4.33. The lowest BCUT2D eigenvalue weighted by molar-refractivity contribution is -0.173. The first-order valence-electron chi connectivity index (χ1n) is 6.05. The molecule has 1 fully saturated rings. The number of hydrogen-bond donors (Lipinski definition) is 2. The van der Waals surface area contributed by atoms with Crippen LogP contribution in [0.25, 0.3) is 0 Å². The number of nitrogens with two attached hydrogens (primary N) is 1. The van der Waals surface area contributed by atoms with Crippen molar-refractivity contribution < 1.29 is 22.7 Å². The molecule has 1 aliphatic rings. The fourth-order valence-corrected chi connectivity index (χ4v) is 2.01. The van der Waals surface area contributed by atoms with Crippen molar-refractivity contribution in [3.8, 4) is 0 Å². The highest BCUT2D eigenvalue weighted by Gasteiger charge is 2.34. The molecule has 0 atom stereocenters. The smallest absolute Gasteiger partial charge is 0.370 e. The summed E-state index contributed by atoms with van der Waals surface area (Å²) in [5.41, 5.74) is 5.09. The van der Waals surface area contributed by atoms with Gasteiger partial charge in [-0.25, -0.2) is 0 Å². The highest BCUT2D eigenvalue weighted by Crippen LogP contribution is 2.25. The first kappa shape index (κ1) is 18.5. The zero-order chi connectivity index (χ0) is 13.6. The quantitative estimate of drug-likeness (QED) is 0.761. The molecular weight excluding hydrogens is 285 g/mol. The van der Waals surface area contributed by atoms with Crippen molar-refractivity contribution in [3.63, 3.8) is 0 Å². The molecule has 3 N–H and O–H groups in total. The van der Waals surface area contributed by atoms with Crippen LogP contribution in [-0.4, -0.2) is 37.4 Å².